The van der Waals surface area contributed by atoms with E-state index in [4.69, 9.17) is 10.5 Å². The van der Waals surface area contributed by atoms with Crippen LogP contribution in [0.5, 0.6) is 5.75 Å². The molecular weight excluding hydrogens is 219 g/mol. The molecule has 94 valence electrons. The van der Waals surface area contributed by atoms with Crippen molar-refractivity contribution in [1.29, 1.82) is 0 Å². The molecule has 1 fully saturated rings. The van der Waals surface area contributed by atoms with Gasteiger partial charge in [-0.15, -0.1) is 0 Å². The molecule has 1 saturated carbocycles. The number of hydrogen-bond acceptors (Lipinski definition) is 3. The molecule has 0 unspecified atom stereocenters. The van der Waals surface area contributed by atoms with E-state index in [0.29, 0.717) is 17.8 Å². The Hall–Kier alpha value is -1.29. The predicted molar refractivity (Wildman–Crippen MR) is 66.8 cm³/mol. The van der Waals surface area contributed by atoms with E-state index in [9.17, 15) is 4.39 Å². The molecular formula is C13H19FN2O. The first-order chi connectivity index (χ1) is 8.19. The van der Waals surface area contributed by atoms with Crippen LogP contribution in [0.4, 0.5) is 10.1 Å². The Morgan fingerprint density at radius 1 is 1.29 bits per heavy atom. The summed E-state index contributed by atoms with van der Waals surface area (Å²) in [6, 6.07) is 5.32. The number of halogens is 1. The molecule has 0 aromatic heterocycles. The first-order valence-corrected chi connectivity index (χ1v) is 6.04. The van der Waals surface area contributed by atoms with E-state index >= 15 is 0 Å². The molecule has 0 amide bonds. The van der Waals surface area contributed by atoms with E-state index in [1.807, 2.05) is 0 Å². The molecule has 1 aliphatic carbocycles. The Balaban J connectivity index is 2.03. The minimum absolute atomic E-state index is 0.280. The number of benzene rings is 1. The summed E-state index contributed by atoms with van der Waals surface area (Å²) in [7, 11) is 1.55. The van der Waals surface area contributed by atoms with Crippen molar-refractivity contribution >= 4 is 5.69 Å². The van der Waals surface area contributed by atoms with Crippen molar-refractivity contribution in [2.75, 3.05) is 12.4 Å². The molecule has 1 aromatic carbocycles. The second kappa shape index (κ2) is 5.36. The fraction of sp³-hybridized carbons (Fsp3) is 0.538. The van der Waals surface area contributed by atoms with Crippen LogP contribution in [-0.4, -0.2) is 19.2 Å². The van der Waals surface area contributed by atoms with Crippen LogP contribution in [-0.2, 0) is 0 Å². The third-order valence-electron chi connectivity index (χ3n) is 3.30. The smallest absolute Gasteiger partial charge is 0.144 e. The number of nitrogens with one attached hydrogen (secondary N) is 1. The molecule has 0 heterocycles. The van der Waals surface area contributed by atoms with Crippen LogP contribution < -0.4 is 15.8 Å². The molecule has 1 aliphatic rings. The van der Waals surface area contributed by atoms with Crippen LogP contribution in [0.3, 0.4) is 0 Å². The van der Waals surface area contributed by atoms with Gasteiger partial charge in [-0.1, -0.05) is 0 Å². The minimum atomic E-state index is -0.280. The zero-order chi connectivity index (χ0) is 12.3. The first kappa shape index (κ1) is 12.2. The summed E-state index contributed by atoms with van der Waals surface area (Å²) < 4.78 is 18.2. The summed E-state index contributed by atoms with van der Waals surface area (Å²) in [6.07, 6.45) is 4.20. The predicted octanol–water partition coefficient (Wildman–Crippen LogP) is 2.52. The summed E-state index contributed by atoms with van der Waals surface area (Å²) in [6.45, 7) is 0. The van der Waals surface area contributed by atoms with Gasteiger partial charge in [0.15, 0.2) is 0 Å². The van der Waals surface area contributed by atoms with E-state index in [-0.39, 0.29) is 5.82 Å². The molecule has 17 heavy (non-hydrogen) atoms. The summed E-state index contributed by atoms with van der Waals surface area (Å²) in [5.74, 6) is 0.276. The van der Waals surface area contributed by atoms with Crippen molar-refractivity contribution in [3.8, 4) is 5.75 Å². The lowest BCUT2D eigenvalue weighted by molar-refractivity contribution is 0.400. The third-order valence-corrected chi connectivity index (χ3v) is 3.30. The van der Waals surface area contributed by atoms with Crippen LogP contribution in [0.2, 0.25) is 0 Å². The number of nitrogens with two attached hydrogens (primary N) is 1. The van der Waals surface area contributed by atoms with Gasteiger partial charge in [0.2, 0.25) is 0 Å². The van der Waals surface area contributed by atoms with Gasteiger partial charge in [-0.25, -0.2) is 4.39 Å². The molecule has 0 radical (unpaired) electrons. The van der Waals surface area contributed by atoms with Gasteiger partial charge in [-0.3, -0.25) is 0 Å². The molecule has 0 aliphatic heterocycles. The highest BCUT2D eigenvalue weighted by molar-refractivity contribution is 5.57. The molecule has 0 spiro atoms. The summed E-state index contributed by atoms with van der Waals surface area (Å²) >= 11 is 0. The summed E-state index contributed by atoms with van der Waals surface area (Å²) in [5, 5.41) is 3.40. The van der Waals surface area contributed by atoms with Crippen LogP contribution in [0.25, 0.3) is 0 Å². The largest absolute Gasteiger partial charge is 0.494 e. The van der Waals surface area contributed by atoms with Gasteiger partial charge in [-0.05, 0) is 37.8 Å². The average Bonchev–Trinajstić information content (AvgIpc) is 2.34. The van der Waals surface area contributed by atoms with Crippen molar-refractivity contribution < 1.29 is 9.13 Å². The van der Waals surface area contributed by atoms with Gasteiger partial charge in [0.25, 0.3) is 0 Å². The quantitative estimate of drug-likeness (QED) is 0.850. The zero-order valence-corrected chi connectivity index (χ0v) is 10.1. The highest BCUT2D eigenvalue weighted by Gasteiger charge is 2.19. The first-order valence-electron chi connectivity index (χ1n) is 6.04. The second-order valence-corrected chi connectivity index (χ2v) is 4.60. The number of anilines is 1. The summed E-state index contributed by atoms with van der Waals surface area (Å²) in [5.41, 5.74) is 6.72. The number of hydrogen-bond donors (Lipinski definition) is 2. The Morgan fingerprint density at radius 2 is 2.00 bits per heavy atom. The van der Waals surface area contributed by atoms with E-state index in [1.165, 1.54) is 12.1 Å². The summed E-state index contributed by atoms with van der Waals surface area (Å²) in [4.78, 5) is 0. The Labute approximate surface area is 101 Å². The van der Waals surface area contributed by atoms with Crippen LogP contribution in [0, 0.1) is 5.82 Å². The average molecular weight is 238 g/mol. The van der Waals surface area contributed by atoms with Gasteiger partial charge in [0.1, 0.15) is 11.6 Å². The highest BCUT2D eigenvalue weighted by Crippen LogP contribution is 2.28. The van der Waals surface area contributed by atoms with Crippen molar-refractivity contribution in [2.45, 2.75) is 37.8 Å². The lowest BCUT2D eigenvalue weighted by Crippen LogP contribution is -2.32. The van der Waals surface area contributed by atoms with E-state index < -0.39 is 0 Å². The molecule has 0 bridgehead atoms. The van der Waals surface area contributed by atoms with Gasteiger partial charge in [0, 0.05) is 18.2 Å². The minimum Gasteiger partial charge on any atom is -0.494 e. The molecule has 0 atom stereocenters. The van der Waals surface area contributed by atoms with Gasteiger partial charge >= 0.3 is 0 Å². The Morgan fingerprint density at radius 3 is 2.65 bits per heavy atom. The molecule has 2 rings (SSSR count). The number of methoxy groups -OCH3 is 1. The van der Waals surface area contributed by atoms with Crippen molar-refractivity contribution in [1.82, 2.24) is 0 Å². The third kappa shape index (κ3) is 3.09. The van der Waals surface area contributed by atoms with Crippen molar-refractivity contribution in [2.24, 2.45) is 5.73 Å². The van der Waals surface area contributed by atoms with E-state index in [1.54, 1.807) is 13.2 Å². The maximum Gasteiger partial charge on any atom is 0.144 e. The normalized spacial score (nSPS) is 24.4. The second-order valence-electron chi connectivity index (χ2n) is 4.60. The SMILES string of the molecule is COc1cc(F)ccc1NC1CCC(N)CC1. The molecule has 4 heteroatoms. The van der Waals surface area contributed by atoms with Crippen LogP contribution >= 0.6 is 0 Å². The van der Waals surface area contributed by atoms with Crippen LogP contribution in [0.15, 0.2) is 18.2 Å². The van der Waals surface area contributed by atoms with Crippen molar-refractivity contribution in [3.05, 3.63) is 24.0 Å². The fourth-order valence-corrected chi connectivity index (χ4v) is 2.27. The highest BCUT2D eigenvalue weighted by atomic mass is 19.1. The Bertz CT molecular complexity index is 376. The Kier molecular flexibility index (Phi) is 3.84. The maximum atomic E-state index is 13.0. The number of ether oxygens (including phenoxy) is 1. The van der Waals surface area contributed by atoms with Crippen molar-refractivity contribution in [3.63, 3.8) is 0 Å². The monoisotopic (exact) mass is 238 g/mol. The standard InChI is InChI=1S/C13H19FN2O/c1-17-13-8-9(14)2-7-12(13)16-11-5-3-10(15)4-6-11/h2,7-8,10-11,16H,3-6,15H2,1H3. The lowest BCUT2D eigenvalue weighted by Gasteiger charge is -2.28. The zero-order valence-electron chi connectivity index (χ0n) is 10.1. The molecule has 3 N–H and O–H groups in total. The topological polar surface area (TPSA) is 47.3 Å². The maximum absolute atomic E-state index is 13.0. The number of rotatable bonds is 3. The van der Waals surface area contributed by atoms with Gasteiger partial charge in [0.05, 0.1) is 12.8 Å². The van der Waals surface area contributed by atoms with Crippen LogP contribution in [0.1, 0.15) is 25.7 Å². The van der Waals surface area contributed by atoms with Gasteiger partial charge in [-0.2, -0.15) is 0 Å². The lowest BCUT2D eigenvalue weighted by atomic mass is 9.91. The van der Waals surface area contributed by atoms with E-state index in [0.717, 1.165) is 31.4 Å². The van der Waals surface area contributed by atoms with E-state index in [2.05, 4.69) is 5.32 Å². The molecule has 1 aromatic rings. The molecule has 3 nitrogen and oxygen atoms in total. The fourth-order valence-electron chi connectivity index (χ4n) is 2.27. The molecule has 0 saturated heterocycles. The van der Waals surface area contributed by atoms with Gasteiger partial charge < -0.3 is 15.8 Å².